The van der Waals surface area contributed by atoms with E-state index < -0.39 is 0 Å². The summed E-state index contributed by atoms with van der Waals surface area (Å²) in [4.78, 5) is 0. The molecule has 0 fully saturated rings. The van der Waals surface area contributed by atoms with Gasteiger partial charge in [0.1, 0.15) is 0 Å². The Morgan fingerprint density at radius 1 is 1.14 bits per heavy atom. The van der Waals surface area contributed by atoms with E-state index in [1.807, 2.05) is 12.1 Å². The number of fused-ring (bicyclic) bond motifs is 1. The quantitative estimate of drug-likeness (QED) is 0.851. The maximum atomic E-state index is 6.12. The molecule has 0 spiro atoms. The standard InChI is InChI=1S/C18H27ClN2/c1-17(2,3)20-10-9-18(4,5)15-12-21(6)16-11-13(19)7-8-14(15)16/h7-8,11-12,20H,9-10H2,1-6H3. The number of nitrogens with one attached hydrogen (secondary N) is 1. The van der Waals surface area contributed by atoms with Gasteiger partial charge < -0.3 is 9.88 Å². The number of benzene rings is 1. The van der Waals surface area contributed by atoms with Gasteiger partial charge in [-0.25, -0.2) is 0 Å². The first-order chi connectivity index (χ1) is 9.60. The lowest BCUT2D eigenvalue weighted by Crippen LogP contribution is -2.38. The molecule has 0 atom stereocenters. The molecule has 0 aliphatic heterocycles. The fraction of sp³-hybridized carbons (Fsp3) is 0.556. The molecule has 0 aliphatic carbocycles. The lowest BCUT2D eigenvalue weighted by atomic mass is 9.81. The summed E-state index contributed by atoms with van der Waals surface area (Å²) in [5, 5.41) is 5.69. The minimum Gasteiger partial charge on any atom is -0.350 e. The second-order valence-corrected chi connectivity index (χ2v) is 8.06. The number of aryl methyl sites for hydroxylation is 1. The van der Waals surface area contributed by atoms with Crippen molar-refractivity contribution in [1.82, 2.24) is 9.88 Å². The van der Waals surface area contributed by atoms with Crippen molar-refractivity contribution in [3.63, 3.8) is 0 Å². The van der Waals surface area contributed by atoms with Crippen molar-refractivity contribution in [2.75, 3.05) is 6.54 Å². The Labute approximate surface area is 133 Å². The number of halogens is 1. The summed E-state index contributed by atoms with van der Waals surface area (Å²) in [6.45, 7) is 12.3. The van der Waals surface area contributed by atoms with Crippen LogP contribution < -0.4 is 5.32 Å². The zero-order valence-corrected chi connectivity index (χ0v) is 14.8. The van der Waals surface area contributed by atoms with Crippen LogP contribution in [0.4, 0.5) is 0 Å². The fourth-order valence-corrected chi connectivity index (χ4v) is 2.95. The van der Waals surface area contributed by atoms with Crippen molar-refractivity contribution in [3.05, 3.63) is 35.0 Å². The number of rotatable bonds is 4. The highest BCUT2D eigenvalue weighted by molar-refractivity contribution is 6.31. The molecule has 21 heavy (non-hydrogen) atoms. The second kappa shape index (κ2) is 5.66. The Hall–Kier alpha value is -0.990. The summed E-state index contributed by atoms with van der Waals surface area (Å²) in [7, 11) is 2.09. The van der Waals surface area contributed by atoms with Gasteiger partial charge in [-0.1, -0.05) is 31.5 Å². The average molecular weight is 307 g/mol. The first-order valence-corrected chi connectivity index (χ1v) is 7.98. The molecule has 0 radical (unpaired) electrons. The minimum atomic E-state index is 0.131. The van der Waals surface area contributed by atoms with Crippen LogP contribution in [0.3, 0.4) is 0 Å². The van der Waals surface area contributed by atoms with Crippen LogP contribution in [-0.4, -0.2) is 16.7 Å². The van der Waals surface area contributed by atoms with Crippen LogP contribution in [0, 0.1) is 0 Å². The maximum absolute atomic E-state index is 6.12. The molecule has 0 saturated carbocycles. The summed E-state index contributed by atoms with van der Waals surface area (Å²) in [6.07, 6.45) is 3.35. The molecule has 0 saturated heterocycles. The fourth-order valence-electron chi connectivity index (χ4n) is 2.78. The first kappa shape index (κ1) is 16.4. The largest absolute Gasteiger partial charge is 0.350 e. The van der Waals surface area contributed by atoms with Gasteiger partial charge in [-0.05, 0) is 56.8 Å². The van der Waals surface area contributed by atoms with Crippen LogP contribution in [0.25, 0.3) is 10.9 Å². The predicted octanol–water partition coefficient (Wildman–Crippen LogP) is 4.89. The molecule has 2 aromatic rings. The van der Waals surface area contributed by atoms with Gasteiger partial charge in [0.25, 0.3) is 0 Å². The van der Waals surface area contributed by atoms with Crippen LogP contribution in [0.1, 0.15) is 46.6 Å². The summed E-state index contributed by atoms with van der Waals surface area (Å²) in [5.41, 5.74) is 2.90. The molecule has 116 valence electrons. The molecular formula is C18H27ClN2. The Balaban J connectivity index is 2.28. The van der Waals surface area contributed by atoms with Crippen molar-refractivity contribution in [2.45, 2.75) is 52.0 Å². The molecule has 1 aromatic heterocycles. The number of aromatic nitrogens is 1. The molecule has 1 N–H and O–H groups in total. The van der Waals surface area contributed by atoms with Gasteiger partial charge in [-0.3, -0.25) is 0 Å². The lowest BCUT2D eigenvalue weighted by Gasteiger charge is -2.28. The van der Waals surface area contributed by atoms with Crippen LogP contribution in [0.15, 0.2) is 24.4 Å². The van der Waals surface area contributed by atoms with E-state index in [1.54, 1.807) is 0 Å². The smallest absolute Gasteiger partial charge is 0.0495 e. The van der Waals surface area contributed by atoms with Crippen LogP contribution in [0.2, 0.25) is 5.02 Å². The first-order valence-electron chi connectivity index (χ1n) is 7.60. The van der Waals surface area contributed by atoms with Gasteiger partial charge >= 0.3 is 0 Å². The predicted molar refractivity (Wildman–Crippen MR) is 93.3 cm³/mol. The minimum absolute atomic E-state index is 0.131. The van der Waals surface area contributed by atoms with Gasteiger partial charge in [0.05, 0.1) is 0 Å². The van der Waals surface area contributed by atoms with Crippen LogP contribution in [0.5, 0.6) is 0 Å². The Kier molecular flexibility index (Phi) is 4.41. The van der Waals surface area contributed by atoms with Crippen molar-refractivity contribution >= 4 is 22.5 Å². The molecule has 0 bridgehead atoms. The zero-order valence-electron chi connectivity index (χ0n) is 14.0. The lowest BCUT2D eigenvalue weighted by molar-refractivity contribution is 0.380. The number of hydrogen-bond acceptors (Lipinski definition) is 1. The molecule has 2 nitrogen and oxygen atoms in total. The van der Waals surface area contributed by atoms with Gasteiger partial charge in [0.2, 0.25) is 0 Å². The molecule has 0 amide bonds. The van der Waals surface area contributed by atoms with Gasteiger partial charge in [-0.2, -0.15) is 0 Å². The highest BCUT2D eigenvalue weighted by Gasteiger charge is 2.25. The molecule has 2 rings (SSSR count). The monoisotopic (exact) mass is 306 g/mol. The van der Waals surface area contributed by atoms with E-state index in [-0.39, 0.29) is 11.0 Å². The third kappa shape index (κ3) is 3.81. The third-order valence-corrected chi connectivity index (χ3v) is 4.32. The van der Waals surface area contributed by atoms with E-state index >= 15 is 0 Å². The van der Waals surface area contributed by atoms with Crippen molar-refractivity contribution in [1.29, 1.82) is 0 Å². The second-order valence-electron chi connectivity index (χ2n) is 7.63. The van der Waals surface area contributed by atoms with E-state index in [2.05, 4.69) is 63.8 Å². The highest BCUT2D eigenvalue weighted by atomic mass is 35.5. The van der Waals surface area contributed by atoms with Crippen molar-refractivity contribution in [2.24, 2.45) is 7.05 Å². The molecule has 0 unspecified atom stereocenters. The average Bonchev–Trinajstić information content (AvgIpc) is 2.65. The molecule has 3 heteroatoms. The molecule has 1 heterocycles. The van der Waals surface area contributed by atoms with Crippen molar-refractivity contribution in [3.8, 4) is 0 Å². The van der Waals surface area contributed by atoms with Gasteiger partial charge in [-0.15, -0.1) is 0 Å². The summed E-state index contributed by atoms with van der Waals surface area (Å²) < 4.78 is 2.18. The van der Waals surface area contributed by atoms with E-state index in [0.717, 1.165) is 18.0 Å². The Morgan fingerprint density at radius 3 is 2.43 bits per heavy atom. The SMILES string of the molecule is Cn1cc(C(C)(C)CCNC(C)(C)C)c2ccc(Cl)cc21. The summed E-state index contributed by atoms with van der Waals surface area (Å²) in [5.74, 6) is 0. The number of nitrogens with zero attached hydrogens (tertiary/aromatic N) is 1. The van der Waals surface area contributed by atoms with Crippen LogP contribution in [-0.2, 0) is 12.5 Å². The summed E-state index contributed by atoms with van der Waals surface area (Å²) >= 11 is 6.12. The zero-order chi connectivity index (χ0) is 15.8. The third-order valence-electron chi connectivity index (χ3n) is 4.09. The van der Waals surface area contributed by atoms with Crippen molar-refractivity contribution < 1.29 is 0 Å². The van der Waals surface area contributed by atoms with Crippen LogP contribution >= 0.6 is 11.6 Å². The van der Waals surface area contributed by atoms with E-state index in [4.69, 9.17) is 11.6 Å². The van der Waals surface area contributed by atoms with E-state index in [1.165, 1.54) is 16.5 Å². The Bertz CT molecular complexity index is 632. The van der Waals surface area contributed by atoms with Gasteiger partial charge in [0.15, 0.2) is 0 Å². The molecule has 1 aromatic carbocycles. The molecular weight excluding hydrogens is 280 g/mol. The maximum Gasteiger partial charge on any atom is 0.0495 e. The molecule has 0 aliphatic rings. The normalized spacial score (nSPS) is 13.1. The van der Waals surface area contributed by atoms with E-state index in [0.29, 0.717) is 0 Å². The topological polar surface area (TPSA) is 17.0 Å². The Morgan fingerprint density at radius 2 is 1.81 bits per heavy atom. The summed E-state index contributed by atoms with van der Waals surface area (Å²) in [6, 6.07) is 6.17. The van der Waals surface area contributed by atoms with Gasteiger partial charge in [0, 0.05) is 34.7 Å². The number of hydrogen-bond donors (Lipinski definition) is 1. The highest BCUT2D eigenvalue weighted by Crippen LogP contribution is 2.35. The van der Waals surface area contributed by atoms with E-state index in [9.17, 15) is 0 Å².